The second-order valence-electron chi connectivity index (χ2n) is 7.75. The lowest BCUT2D eigenvalue weighted by atomic mass is 10.1. The number of hydrogen-bond donors (Lipinski definition) is 1. The van der Waals surface area contributed by atoms with Gasteiger partial charge in [-0.15, -0.1) is 5.10 Å². The number of nitrogens with one attached hydrogen (secondary N) is 1. The average Bonchev–Trinajstić information content (AvgIpc) is 3.44. The predicted molar refractivity (Wildman–Crippen MR) is 121 cm³/mol. The summed E-state index contributed by atoms with van der Waals surface area (Å²) in [6.45, 7) is 2.09. The highest BCUT2D eigenvalue weighted by molar-refractivity contribution is 5.76. The van der Waals surface area contributed by atoms with Gasteiger partial charge >= 0.3 is 5.69 Å². The summed E-state index contributed by atoms with van der Waals surface area (Å²) >= 11 is 0. The third-order valence-corrected chi connectivity index (χ3v) is 5.25. The quantitative estimate of drug-likeness (QED) is 0.419. The number of carbonyl (C=O) groups is 1. The highest BCUT2D eigenvalue weighted by Crippen LogP contribution is 2.24. The number of amides is 1. The molecule has 1 amide bonds. The minimum absolute atomic E-state index is 0.117. The van der Waals surface area contributed by atoms with Crippen LogP contribution in [0.15, 0.2) is 76.2 Å². The maximum Gasteiger partial charge on any atom is 0.350 e. The molecule has 0 unspecified atom stereocenters. The molecule has 3 heterocycles. The summed E-state index contributed by atoms with van der Waals surface area (Å²) < 4.78 is 21.3. The minimum Gasteiger partial charge on any atom is -0.350 e. The van der Waals surface area contributed by atoms with Gasteiger partial charge in [0, 0.05) is 18.3 Å². The number of nitrogens with zero attached hydrogens (tertiary/aromatic N) is 5. The Hall–Kier alpha value is -4.60. The maximum absolute atomic E-state index is 13.5. The van der Waals surface area contributed by atoms with E-state index in [0.29, 0.717) is 17.7 Å². The van der Waals surface area contributed by atoms with Crippen molar-refractivity contribution in [2.45, 2.75) is 20.0 Å². The molecular weight excluding hydrogens is 439 g/mol. The zero-order valence-corrected chi connectivity index (χ0v) is 18.1. The molecule has 0 saturated heterocycles. The Morgan fingerprint density at radius 1 is 1.12 bits per heavy atom. The molecule has 10 heteroatoms. The number of hydrogen-bond acceptors (Lipinski definition) is 6. The smallest absolute Gasteiger partial charge is 0.350 e. The molecule has 0 spiro atoms. The summed E-state index contributed by atoms with van der Waals surface area (Å²) in [7, 11) is 0. The molecule has 0 radical (unpaired) electrons. The molecule has 5 aromatic rings. The zero-order valence-electron chi connectivity index (χ0n) is 18.1. The second-order valence-corrected chi connectivity index (χ2v) is 7.75. The molecule has 0 aliphatic heterocycles. The maximum atomic E-state index is 13.5. The number of rotatable bonds is 6. The first-order valence-electron chi connectivity index (χ1n) is 10.5. The van der Waals surface area contributed by atoms with Crippen LogP contribution >= 0.6 is 0 Å². The Balaban J connectivity index is 1.39. The molecule has 0 aliphatic carbocycles. The monoisotopic (exact) mass is 458 g/mol. The van der Waals surface area contributed by atoms with E-state index in [2.05, 4.69) is 20.6 Å². The van der Waals surface area contributed by atoms with Gasteiger partial charge in [-0.1, -0.05) is 47.1 Å². The Kier molecular flexibility index (Phi) is 5.46. The molecule has 0 saturated carbocycles. The first-order chi connectivity index (χ1) is 16.5. The van der Waals surface area contributed by atoms with Gasteiger partial charge in [0.1, 0.15) is 12.4 Å². The van der Waals surface area contributed by atoms with E-state index in [1.54, 1.807) is 30.5 Å². The van der Waals surface area contributed by atoms with Gasteiger partial charge in [0.25, 0.3) is 5.89 Å². The number of aryl methyl sites for hydroxylation is 1. The second kappa shape index (κ2) is 8.74. The van der Waals surface area contributed by atoms with E-state index < -0.39 is 11.5 Å². The van der Waals surface area contributed by atoms with E-state index in [0.717, 1.165) is 15.8 Å². The molecule has 3 aromatic heterocycles. The van der Waals surface area contributed by atoms with E-state index in [4.69, 9.17) is 4.52 Å². The Bertz CT molecular complexity index is 1550. The lowest BCUT2D eigenvalue weighted by Crippen LogP contribution is -2.32. The van der Waals surface area contributed by atoms with E-state index in [-0.39, 0.29) is 29.8 Å². The van der Waals surface area contributed by atoms with Gasteiger partial charge in [0.2, 0.25) is 11.7 Å². The molecular formula is C24H19FN6O3. The summed E-state index contributed by atoms with van der Waals surface area (Å²) in [5.74, 6) is -0.449. The van der Waals surface area contributed by atoms with Crippen LogP contribution in [0.1, 0.15) is 11.1 Å². The highest BCUT2D eigenvalue weighted by Gasteiger charge is 2.18. The lowest BCUT2D eigenvalue weighted by molar-refractivity contribution is -0.122. The van der Waals surface area contributed by atoms with Crippen LogP contribution in [0, 0.1) is 12.7 Å². The molecule has 0 fully saturated rings. The van der Waals surface area contributed by atoms with E-state index in [1.807, 2.05) is 31.2 Å². The third-order valence-electron chi connectivity index (χ3n) is 5.25. The first kappa shape index (κ1) is 21.3. The fourth-order valence-electron chi connectivity index (χ4n) is 3.48. The van der Waals surface area contributed by atoms with Gasteiger partial charge < -0.3 is 9.84 Å². The molecule has 170 valence electrons. The van der Waals surface area contributed by atoms with Crippen molar-refractivity contribution in [3.8, 4) is 22.8 Å². The SMILES string of the molecule is Cc1ccc(CNC(=O)Cn2nc3c(-c4nc(-c5cccc(F)c5)no4)cccn3c2=O)cc1. The third kappa shape index (κ3) is 4.20. The fraction of sp³-hybridized carbons (Fsp3) is 0.125. The van der Waals surface area contributed by atoms with Crippen LogP contribution in [0.3, 0.4) is 0 Å². The molecule has 34 heavy (non-hydrogen) atoms. The number of fused-ring (bicyclic) bond motifs is 1. The van der Waals surface area contributed by atoms with E-state index in [1.165, 1.54) is 16.5 Å². The first-order valence-corrected chi connectivity index (χ1v) is 10.5. The molecule has 9 nitrogen and oxygen atoms in total. The van der Waals surface area contributed by atoms with Gasteiger partial charge in [-0.2, -0.15) is 4.98 Å². The standard InChI is InChI=1S/C24H19FN6O3/c1-15-7-9-16(10-8-15)13-26-20(32)14-31-24(33)30-11-3-6-19(22(30)28-31)23-27-21(29-34-23)17-4-2-5-18(25)12-17/h2-12H,13-14H2,1H3,(H,26,32). The number of aromatic nitrogens is 5. The van der Waals surface area contributed by atoms with Gasteiger partial charge in [-0.05, 0) is 36.8 Å². The summed E-state index contributed by atoms with van der Waals surface area (Å²) in [4.78, 5) is 29.6. The van der Waals surface area contributed by atoms with Crippen molar-refractivity contribution in [2.24, 2.45) is 0 Å². The molecule has 5 rings (SSSR count). The van der Waals surface area contributed by atoms with Crippen molar-refractivity contribution < 1.29 is 13.7 Å². The number of pyridine rings is 1. The van der Waals surface area contributed by atoms with Crippen molar-refractivity contribution >= 4 is 11.6 Å². The molecule has 1 N–H and O–H groups in total. The highest BCUT2D eigenvalue weighted by atomic mass is 19.1. The molecule has 2 aromatic carbocycles. The van der Waals surface area contributed by atoms with Crippen molar-refractivity contribution in [3.05, 3.63) is 94.3 Å². The number of carbonyl (C=O) groups excluding carboxylic acids is 1. The average molecular weight is 458 g/mol. The lowest BCUT2D eigenvalue weighted by Gasteiger charge is -2.05. The fourth-order valence-corrected chi connectivity index (χ4v) is 3.48. The van der Waals surface area contributed by atoms with Crippen molar-refractivity contribution in [1.82, 2.24) is 29.6 Å². The number of benzene rings is 2. The molecule has 0 aliphatic rings. The Labute approximate surface area is 192 Å². The van der Waals surface area contributed by atoms with E-state index >= 15 is 0 Å². The van der Waals surface area contributed by atoms with Crippen LogP contribution < -0.4 is 11.0 Å². The van der Waals surface area contributed by atoms with Crippen molar-refractivity contribution in [1.29, 1.82) is 0 Å². The zero-order chi connectivity index (χ0) is 23.7. The summed E-state index contributed by atoms with van der Waals surface area (Å²) in [6, 6.07) is 16.9. The van der Waals surface area contributed by atoms with Gasteiger partial charge in [-0.3, -0.25) is 4.79 Å². The van der Waals surface area contributed by atoms with Crippen molar-refractivity contribution in [3.63, 3.8) is 0 Å². The van der Waals surface area contributed by atoms with Crippen LogP contribution in [0.2, 0.25) is 0 Å². The molecule has 0 atom stereocenters. The largest absolute Gasteiger partial charge is 0.350 e. The predicted octanol–water partition coefficient (Wildman–Crippen LogP) is 2.98. The molecule has 0 bridgehead atoms. The Morgan fingerprint density at radius 2 is 1.94 bits per heavy atom. The van der Waals surface area contributed by atoms with Crippen LogP contribution in [-0.2, 0) is 17.9 Å². The summed E-state index contributed by atoms with van der Waals surface area (Å²) in [6.07, 6.45) is 1.54. The van der Waals surface area contributed by atoms with Crippen LogP contribution in [0.4, 0.5) is 4.39 Å². The van der Waals surface area contributed by atoms with Crippen LogP contribution in [0.25, 0.3) is 28.5 Å². The normalized spacial score (nSPS) is 11.1. The van der Waals surface area contributed by atoms with Gasteiger partial charge in [0.15, 0.2) is 5.65 Å². The van der Waals surface area contributed by atoms with Crippen LogP contribution in [-0.4, -0.2) is 30.2 Å². The van der Waals surface area contributed by atoms with Crippen LogP contribution in [0.5, 0.6) is 0 Å². The number of halogens is 1. The topological polar surface area (TPSA) is 107 Å². The van der Waals surface area contributed by atoms with Crippen molar-refractivity contribution in [2.75, 3.05) is 0 Å². The van der Waals surface area contributed by atoms with E-state index in [9.17, 15) is 14.0 Å². The van der Waals surface area contributed by atoms with Gasteiger partial charge in [-0.25, -0.2) is 18.3 Å². The summed E-state index contributed by atoms with van der Waals surface area (Å²) in [5, 5.41) is 11.0. The minimum atomic E-state index is -0.479. The summed E-state index contributed by atoms with van der Waals surface area (Å²) in [5.41, 5.74) is 2.73. The van der Waals surface area contributed by atoms with Gasteiger partial charge in [0.05, 0.1) is 5.56 Å². The Morgan fingerprint density at radius 3 is 2.74 bits per heavy atom.